The Kier molecular flexibility index (Phi) is 7.69. The third-order valence-corrected chi connectivity index (χ3v) is 6.86. The molecule has 0 fully saturated rings. The predicted molar refractivity (Wildman–Crippen MR) is 135 cm³/mol. The maximum atomic E-state index is 13.7. The molecule has 0 spiro atoms. The first-order valence-electron chi connectivity index (χ1n) is 11.9. The maximum Gasteiger partial charge on any atom is 0.259 e. The van der Waals surface area contributed by atoms with Crippen LogP contribution in [0.3, 0.4) is 0 Å². The number of rotatable bonds is 8. The molecule has 9 nitrogen and oxygen atoms in total. The molecule has 0 saturated heterocycles. The molecule has 36 heavy (non-hydrogen) atoms. The summed E-state index contributed by atoms with van der Waals surface area (Å²) in [4.78, 5) is 30.6. The molecule has 3 heterocycles. The van der Waals surface area contributed by atoms with Crippen LogP contribution in [0.4, 0.5) is 0 Å². The molecule has 0 N–H and O–H groups in total. The Morgan fingerprint density at radius 3 is 2.50 bits per heavy atom. The van der Waals surface area contributed by atoms with Crippen LogP contribution in [0.2, 0.25) is 0 Å². The number of amides is 1. The van der Waals surface area contributed by atoms with Crippen molar-refractivity contribution in [2.24, 2.45) is 0 Å². The second-order valence-corrected chi connectivity index (χ2v) is 8.84. The number of ether oxygens (including phenoxy) is 3. The Labute approximate surface area is 210 Å². The van der Waals surface area contributed by atoms with Crippen molar-refractivity contribution < 1.29 is 23.4 Å². The minimum absolute atomic E-state index is 0.177. The SMILES string of the molecule is COc1ccc(CN2CCc3c(C(=O)N(C)C(C)c4ccco4)c(OC)cc(=O)n3CC2)c(OC)c1. The van der Waals surface area contributed by atoms with Crippen molar-refractivity contribution in [2.75, 3.05) is 41.5 Å². The first-order chi connectivity index (χ1) is 17.4. The normalized spacial score (nSPS) is 14.5. The zero-order valence-corrected chi connectivity index (χ0v) is 21.4. The molecule has 9 heteroatoms. The molecule has 1 aliphatic heterocycles. The number of benzene rings is 1. The fraction of sp³-hybridized carbons (Fsp3) is 0.407. The van der Waals surface area contributed by atoms with Crippen molar-refractivity contribution in [3.8, 4) is 17.2 Å². The van der Waals surface area contributed by atoms with Gasteiger partial charge in [-0.25, -0.2) is 0 Å². The van der Waals surface area contributed by atoms with Gasteiger partial charge < -0.3 is 28.1 Å². The average Bonchev–Trinajstić information content (AvgIpc) is 3.36. The van der Waals surface area contributed by atoms with E-state index in [2.05, 4.69) is 4.90 Å². The molecular formula is C27H33N3O6. The lowest BCUT2D eigenvalue weighted by molar-refractivity contribution is 0.0720. The van der Waals surface area contributed by atoms with E-state index in [9.17, 15) is 9.59 Å². The quantitative estimate of drug-likeness (QED) is 0.474. The van der Waals surface area contributed by atoms with E-state index in [0.717, 1.165) is 17.1 Å². The molecule has 192 valence electrons. The molecule has 2 aromatic heterocycles. The van der Waals surface area contributed by atoms with Crippen LogP contribution in [0.15, 0.2) is 51.9 Å². The molecule has 0 saturated carbocycles. The van der Waals surface area contributed by atoms with E-state index in [1.165, 1.54) is 13.2 Å². The Morgan fingerprint density at radius 2 is 1.83 bits per heavy atom. The molecule has 1 amide bonds. The summed E-state index contributed by atoms with van der Waals surface area (Å²) in [5.74, 6) is 2.24. The van der Waals surface area contributed by atoms with Crippen LogP contribution in [0.1, 0.15) is 40.3 Å². The van der Waals surface area contributed by atoms with Gasteiger partial charge in [0.25, 0.3) is 11.5 Å². The van der Waals surface area contributed by atoms with E-state index >= 15 is 0 Å². The largest absolute Gasteiger partial charge is 0.497 e. The van der Waals surface area contributed by atoms with Gasteiger partial charge in [0.05, 0.1) is 33.6 Å². The number of carbonyl (C=O) groups is 1. The maximum absolute atomic E-state index is 13.7. The summed E-state index contributed by atoms with van der Waals surface area (Å²) in [5.41, 5.74) is 1.95. The Balaban J connectivity index is 1.62. The van der Waals surface area contributed by atoms with E-state index in [0.29, 0.717) is 55.4 Å². The van der Waals surface area contributed by atoms with Crippen molar-refractivity contribution in [3.05, 3.63) is 75.6 Å². The van der Waals surface area contributed by atoms with Crippen LogP contribution in [0.5, 0.6) is 17.2 Å². The lowest BCUT2D eigenvalue weighted by atomic mass is 10.1. The molecule has 1 unspecified atom stereocenters. The average molecular weight is 496 g/mol. The number of furan rings is 1. The van der Waals surface area contributed by atoms with Crippen LogP contribution in [-0.2, 0) is 19.5 Å². The minimum Gasteiger partial charge on any atom is -0.497 e. The number of hydrogen-bond donors (Lipinski definition) is 0. The lowest BCUT2D eigenvalue weighted by Gasteiger charge is -2.26. The monoisotopic (exact) mass is 495 g/mol. The third-order valence-electron chi connectivity index (χ3n) is 6.86. The highest BCUT2D eigenvalue weighted by Gasteiger charge is 2.30. The summed E-state index contributed by atoms with van der Waals surface area (Å²) in [6.07, 6.45) is 2.11. The zero-order valence-electron chi connectivity index (χ0n) is 21.4. The van der Waals surface area contributed by atoms with Gasteiger partial charge in [-0.2, -0.15) is 0 Å². The Morgan fingerprint density at radius 1 is 1.06 bits per heavy atom. The van der Waals surface area contributed by atoms with Gasteiger partial charge >= 0.3 is 0 Å². The highest BCUT2D eigenvalue weighted by Crippen LogP contribution is 2.29. The number of pyridine rings is 1. The second-order valence-electron chi connectivity index (χ2n) is 8.84. The van der Waals surface area contributed by atoms with Crippen molar-refractivity contribution in [3.63, 3.8) is 0 Å². The van der Waals surface area contributed by atoms with Crippen LogP contribution in [0, 0.1) is 0 Å². The first kappa shape index (κ1) is 25.4. The number of fused-ring (bicyclic) bond motifs is 1. The van der Waals surface area contributed by atoms with E-state index in [4.69, 9.17) is 18.6 Å². The fourth-order valence-corrected chi connectivity index (χ4v) is 4.64. The zero-order chi connectivity index (χ0) is 25.8. The molecule has 0 radical (unpaired) electrons. The van der Waals surface area contributed by atoms with Gasteiger partial charge in [0.15, 0.2) is 0 Å². The minimum atomic E-state index is -0.283. The van der Waals surface area contributed by atoms with Gasteiger partial charge in [-0.1, -0.05) is 6.07 Å². The highest BCUT2D eigenvalue weighted by molar-refractivity contribution is 5.98. The molecule has 1 aliphatic rings. The van der Waals surface area contributed by atoms with Crippen molar-refractivity contribution >= 4 is 5.91 Å². The highest BCUT2D eigenvalue weighted by atomic mass is 16.5. The van der Waals surface area contributed by atoms with Crippen molar-refractivity contribution in [2.45, 2.75) is 32.5 Å². The summed E-state index contributed by atoms with van der Waals surface area (Å²) in [6, 6.07) is 10.5. The summed E-state index contributed by atoms with van der Waals surface area (Å²) >= 11 is 0. The molecule has 0 aliphatic carbocycles. The van der Waals surface area contributed by atoms with Gasteiger partial charge in [0.2, 0.25) is 0 Å². The molecule has 3 aromatic rings. The van der Waals surface area contributed by atoms with Gasteiger partial charge in [0, 0.05) is 63.0 Å². The topological polar surface area (TPSA) is 86.4 Å². The number of carbonyl (C=O) groups excluding carboxylic acids is 1. The summed E-state index contributed by atoms with van der Waals surface area (Å²) < 4.78 is 23.6. The van der Waals surface area contributed by atoms with Gasteiger partial charge in [-0.3, -0.25) is 14.5 Å². The van der Waals surface area contributed by atoms with Gasteiger partial charge in [-0.15, -0.1) is 0 Å². The van der Waals surface area contributed by atoms with Gasteiger partial charge in [-0.05, 0) is 25.1 Å². The first-order valence-corrected chi connectivity index (χ1v) is 11.9. The Hall–Kier alpha value is -3.72. The fourth-order valence-electron chi connectivity index (χ4n) is 4.64. The third kappa shape index (κ3) is 4.97. The van der Waals surface area contributed by atoms with Crippen LogP contribution in [-0.4, -0.2) is 61.7 Å². The predicted octanol–water partition coefficient (Wildman–Crippen LogP) is 3.36. The van der Waals surface area contributed by atoms with Crippen molar-refractivity contribution in [1.29, 1.82) is 0 Å². The number of methoxy groups -OCH3 is 3. The molecule has 0 bridgehead atoms. The molecule has 1 aromatic carbocycles. The number of hydrogen-bond acceptors (Lipinski definition) is 7. The van der Waals surface area contributed by atoms with Crippen LogP contribution in [0.25, 0.3) is 0 Å². The lowest BCUT2D eigenvalue weighted by Crippen LogP contribution is -2.34. The van der Waals surface area contributed by atoms with Crippen LogP contribution < -0.4 is 19.8 Å². The number of aromatic nitrogens is 1. The second kappa shape index (κ2) is 10.9. The van der Waals surface area contributed by atoms with Gasteiger partial charge in [0.1, 0.15) is 28.6 Å². The Bertz CT molecular complexity index is 1270. The van der Waals surface area contributed by atoms with Crippen molar-refractivity contribution in [1.82, 2.24) is 14.4 Å². The van der Waals surface area contributed by atoms with E-state index in [1.54, 1.807) is 43.1 Å². The number of nitrogens with zero attached hydrogens (tertiary/aromatic N) is 3. The molecular weight excluding hydrogens is 462 g/mol. The summed E-state index contributed by atoms with van der Waals surface area (Å²) in [6.45, 7) is 4.33. The smallest absolute Gasteiger partial charge is 0.259 e. The molecule has 1 atom stereocenters. The standard InChI is InChI=1S/C27H33N3O6/c1-18(22-7-6-14-36-22)28(2)27(32)26-21-10-11-29(12-13-30(21)25(31)16-24(26)35-5)17-19-8-9-20(33-3)15-23(19)34-4/h6-9,14-16,18H,10-13,17H2,1-5H3. The molecule has 4 rings (SSSR count). The van der Waals surface area contributed by atoms with E-state index < -0.39 is 0 Å². The van der Waals surface area contributed by atoms with E-state index in [1.807, 2.05) is 31.2 Å². The summed E-state index contributed by atoms with van der Waals surface area (Å²) in [5, 5.41) is 0. The van der Waals surface area contributed by atoms with Crippen LogP contribution >= 0.6 is 0 Å². The summed E-state index contributed by atoms with van der Waals surface area (Å²) in [7, 11) is 6.48. The van der Waals surface area contributed by atoms with E-state index in [-0.39, 0.29) is 17.5 Å².